The lowest BCUT2D eigenvalue weighted by atomic mass is 10.2. The van der Waals surface area contributed by atoms with Crippen LogP contribution in [0.2, 0.25) is 0 Å². The first-order valence-corrected chi connectivity index (χ1v) is 11.2. The first kappa shape index (κ1) is 19.5. The van der Waals surface area contributed by atoms with Gasteiger partial charge in [-0.15, -0.1) is 11.3 Å². The normalized spacial score (nSPS) is 17.1. The van der Waals surface area contributed by atoms with Gasteiger partial charge in [0.15, 0.2) is 15.0 Å². The molecule has 1 aliphatic heterocycles. The molecule has 9 heteroatoms. The van der Waals surface area contributed by atoms with Crippen LogP contribution in [0.5, 0.6) is 0 Å². The summed E-state index contributed by atoms with van der Waals surface area (Å²) in [6.45, 7) is 2.34. The van der Waals surface area contributed by atoms with Gasteiger partial charge in [-0.2, -0.15) is 0 Å². The average molecular weight is 408 g/mol. The van der Waals surface area contributed by atoms with E-state index >= 15 is 0 Å². The average Bonchev–Trinajstić information content (AvgIpc) is 3.31. The summed E-state index contributed by atoms with van der Waals surface area (Å²) >= 11 is 1.31. The molecule has 0 aliphatic carbocycles. The minimum Gasteiger partial charge on any atom is -0.331 e. The smallest absolute Gasteiger partial charge is 0.248 e. The molecule has 1 aromatic carbocycles. The van der Waals surface area contributed by atoms with E-state index in [2.05, 4.69) is 10.3 Å². The number of hydrogen-bond donors (Lipinski definition) is 1. The van der Waals surface area contributed by atoms with Gasteiger partial charge < -0.3 is 10.2 Å². The minimum absolute atomic E-state index is 0.142. The molecule has 0 spiro atoms. The highest BCUT2D eigenvalue weighted by molar-refractivity contribution is 7.91. The molecule has 0 saturated carbocycles. The summed E-state index contributed by atoms with van der Waals surface area (Å²) in [5.41, 5.74) is 0.969. The van der Waals surface area contributed by atoms with Crippen LogP contribution in [0.1, 0.15) is 24.8 Å². The molecule has 2 amide bonds. The first-order chi connectivity index (χ1) is 12.9. The SMILES string of the molecule is Cc1ccc(S(=O)(=O)CCC(=O)N2CCCC2C(=O)Nc2nccs2)cc1. The number of carbonyl (C=O) groups excluding carboxylic acids is 2. The van der Waals surface area contributed by atoms with Crippen molar-refractivity contribution < 1.29 is 18.0 Å². The van der Waals surface area contributed by atoms with Crippen molar-refractivity contribution in [3.05, 3.63) is 41.4 Å². The van der Waals surface area contributed by atoms with Gasteiger partial charge in [-0.25, -0.2) is 13.4 Å². The van der Waals surface area contributed by atoms with Crippen LogP contribution in [0.4, 0.5) is 5.13 Å². The number of carbonyl (C=O) groups is 2. The summed E-state index contributed by atoms with van der Waals surface area (Å²) in [6, 6.07) is 5.98. The van der Waals surface area contributed by atoms with E-state index in [1.54, 1.807) is 35.8 Å². The van der Waals surface area contributed by atoms with Crippen LogP contribution in [0.25, 0.3) is 0 Å². The number of aromatic nitrogens is 1. The van der Waals surface area contributed by atoms with Crippen molar-refractivity contribution in [2.24, 2.45) is 0 Å². The number of aryl methyl sites for hydroxylation is 1. The molecule has 1 saturated heterocycles. The number of likely N-dealkylation sites (tertiary alicyclic amines) is 1. The molecule has 1 atom stereocenters. The summed E-state index contributed by atoms with van der Waals surface area (Å²) in [7, 11) is -3.54. The third kappa shape index (κ3) is 4.72. The van der Waals surface area contributed by atoms with Gasteiger partial charge in [0.05, 0.1) is 10.6 Å². The molecule has 0 radical (unpaired) electrons. The van der Waals surface area contributed by atoms with Gasteiger partial charge in [-0.05, 0) is 31.9 Å². The third-order valence-electron chi connectivity index (χ3n) is 4.50. The Morgan fingerprint density at radius 1 is 1.30 bits per heavy atom. The predicted octanol–water partition coefficient (Wildman–Crippen LogP) is 2.25. The topological polar surface area (TPSA) is 96.4 Å². The highest BCUT2D eigenvalue weighted by Gasteiger charge is 2.34. The molecule has 2 heterocycles. The van der Waals surface area contributed by atoms with E-state index in [4.69, 9.17) is 0 Å². The largest absolute Gasteiger partial charge is 0.331 e. The van der Waals surface area contributed by atoms with Gasteiger partial charge in [0.25, 0.3) is 0 Å². The Kier molecular flexibility index (Phi) is 5.91. The molecular weight excluding hydrogens is 386 g/mol. The number of nitrogens with one attached hydrogen (secondary N) is 1. The zero-order valence-electron chi connectivity index (χ0n) is 14.9. The van der Waals surface area contributed by atoms with E-state index < -0.39 is 15.9 Å². The van der Waals surface area contributed by atoms with Crippen molar-refractivity contribution in [1.29, 1.82) is 0 Å². The Morgan fingerprint density at radius 2 is 2.04 bits per heavy atom. The number of rotatable bonds is 6. The summed E-state index contributed by atoms with van der Waals surface area (Å²) in [5.74, 6) is -0.869. The fourth-order valence-electron chi connectivity index (χ4n) is 3.04. The number of anilines is 1. The molecule has 3 rings (SSSR count). The number of nitrogens with zero attached hydrogens (tertiary/aromatic N) is 2. The van der Waals surface area contributed by atoms with E-state index in [1.165, 1.54) is 16.2 Å². The molecule has 27 heavy (non-hydrogen) atoms. The van der Waals surface area contributed by atoms with Crippen molar-refractivity contribution in [3.8, 4) is 0 Å². The summed E-state index contributed by atoms with van der Waals surface area (Å²) < 4.78 is 24.9. The molecular formula is C18H21N3O4S2. The van der Waals surface area contributed by atoms with E-state index in [9.17, 15) is 18.0 Å². The Balaban J connectivity index is 1.61. The molecule has 1 aliphatic rings. The fourth-order valence-corrected chi connectivity index (χ4v) is 4.80. The highest BCUT2D eigenvalue weighted by atomic mass is 32.2. The van der Waals surface area contributed by atoms with Gasteiger partial charge >= 0.3 is 0 Å². The Hall–Kier alpha value is -2.26. The molecule has 144 valence electrons. The van der Waals surface area contributed by atoms with Crippen LogP contribution in [-0.2, 0) is 19.4 Å². The molecule has 1 N–H and O–H groups in total. The van der Waals surface area contributed by atoms with Crippen LogP contribution >= 0.6 is 11.3 Å². The molecule has 1 unspecified atom stereocenters. The standard InChI is InChI=1S/C18H21N3O4S2/c1-13-4-6-14(7-5-13)27(24,25)12-8-16(22)21-10-2-3-15(21)17(23)20-18-19-9-11-26-18/h4-7,9,11,15H,2-3,8,10,12H2,1H3,(H,19,20,23). The Labute approximate surface area is 162 Å². The maximum Gasteiger partial charge on any atom is 0.248 e. The van der Waals surface area contributed by atoms with Gasteiger partial charge in [0, 0.05) is 24.5 Å². The van der Waals surface area contributed by atoms with E-state index in [0.29, 0.717) is 24.5 Å². The van der Waals surface area contributed by atoms with Crippen LogP contribution in [0, 0.1) is 6.92 Å². The highest BCUT2D eigenvalue weighted by Crippen LogP contribution is 2.22. The maximum absolute atomic E-state index is 12.6. The van der Waals surface area contributed by atoms with Crippen LogP contribution in [0.15, 0.2) is 40.7 Å². The fraction of sp³-hybridized carbons (Fsp3) is 0.389. The van der Waals surface area contributed by atoms with Gasteiger partial charge in [0.2, 0.25) is 11.8 Å². The summed E-state index contributed by atoms with van der Waals surface area (Å²) in [4.78, 5) is 30.7. The van der Waals surface area contributed by atoms with Crippen molar-refractivity contribution in [2.75, 3.05) is 17.6 Å². The monoisotopic (exact) mass is 407 g/mol. The van der Waals surface area contributed by atoms with Gasteiger partial charge in [-0.3, -0.25) is 9.59 Å². The lowest BCUT2D eigenvalue weighted by Gasteiger charge is -2.23. The van der Waals surface area contributed by atoms with E-state index in [-0.39, 0.29) is 28.9 Å². The van der Waals surface area contributed by atoms with E-state index in [1.807, 2.05) is 6.92 Å². The second kappa shape index (κ2) is 8.18. The number of hydrogen-bond acceptors (Lipinski definition) is 6. The molecule has 1 aromatic heterocycles. The Morgan fingerprint density at radius 3 is 2.70 bits per heavy atom. The predicted molar refractivity (Wildman–Crippen MR) is 103 cm³/mol. The Bertz CT molecular complexity index is 909. The molecule has 2 aromatic rings. The van der Waals surface area contributed by atoms with Gasteiger partial charge in [-0.1, -0.05) is 17.7 Å². The number of thiazole rings is 1. The zero-order chi connectivity index (χ0) is 19.4. The van der Waals surface area contributed by atoms with Crippen molar-refractivity contribution in [1.82, 2.24) is 9.88 Å². The zero-order valence-corrected chi connectivity index (χ0v) is 16.6. The van der Waals surface area contributed by atoms with Gasteiger partial charge in [0.1, 0.15) is 6.04 Å². The van der Waals surface area contributed by atoms with Crippen LogP contribution in [0.3, 0.4) is 0 Å². The summed E-state index contributed by atoms with van der Waals surface area (Å²) in [5, 5.41) is 4.95. The lowest BCUT2D eigenvalue weighted by Crippen LogP contribution is -2.43. The molecule has 1 fully saturated rings. The summed E-state index contributed by atoms with van der Waals surface area (Å²) in [6.07, 6.45) is 2.73. The van der Waals surface area contributed by atoms with E-state index in [0.717, 1.165) is 5.56 Å². The number of benzene rings is 1. The number of amides is 2. The third-order valence-corrected chi connectivity index (χ3v) is 6.92. The minimum atomic E-state index is -3.54. The van der Waals surface area contributed by atoms with Crippen LogP contribution < -0.4 is 5.32 Å². The first-order valence-electron chi connectivity index (χ1n) is 8.66. The second-order valence-electron chi connectivity index (χ2n) is 6.45. The number of sulfone groups is 1. The van der Waals surface area contributed by atoms with Crippen molar-refractivity contribution in [3.63, 3.8) is 0 Å². The maximum atomic E-state index is 12.6. The molecule has 0 bridgehead atoms. The quantitative estimate of drug-likeness (QED) is 0.792. The second-order valence-corrected chi connectivity index (χ2v) is 9.46. The molecule has 7 nitrogen and oxygen atoms in total. The lowest BCUT2D eigenvalue weighted by molar-refractivity contribution is -0.136. The van der Waals surface area contributed by atoms with Crippen molar-refractivity contribution >= 4 is 38.1 Å². The van der Waals surface area contributed by atoms with Crippen LogP contribution in [-0.4, -0.2) is 48.5 Å². The van der Waals surface area contributed by atoms with Crippen molar-refractivity contribution in [2.45, 2.75) is 37.1 Å².